The first-order valence-corrected chi connectivity index (χ1v) is 10.7. The van der Waals surface area contributed by atoms with Crippen LogP contribution in [0, 0.1) is 0 Å². The number of nitrogens with one attached hydrogen (secondary N) is 1. The van der Waals surface area contributed by atoms with Gasteiger partial charge in [0.15, 0.2) is 5.13 Å². The molecule has 1 N–H and O–H groups in total. The Bertz CT molecular complexity index is 935. The van der Waals surface area contributed by atoms with E-state index in [1.807, 2.05) is 10.3 Å². The minimum absolute atomic E-state index is 0.114. The van der Waals surface area contributed by atoms with Gasteiger partial charge in [-0.2, -0.15) is 0 Å². The number of piperazine rings is 1. The number of anilines is 3. The summed E-state index contributed by atoms with van der Waals surface area (Å²) in [6.07, 6.45) is 4.84. The lowest BCUT2D eigenvalue weighted by Crippen LogP contribution is -2.49. The molecule has 1 amide bonds. The Morgan fingerprint density at radius 3 is 2.52 bits per heavy atom. The summed E-state index contributed by atoms with van der Waals surface area (Å²) >= 11 is 1.52. The molecule has 0 unspecified atom stereocenters. The molecule has 0 aliphatic carbocycles. The van der Waals surface area contributed by atoms with Gasteiger partial charge in [0.2, 0.25) is 11.9 Å². The third-order valence-corrected chi connectivity index (χ3v) is 5.77. The summed E-state index contributed by atoms with van der Waals surface area (Å²) in [5, 5.41) is 6.08. The predicted molar refractivity (Wildman–Crippen MR) is 116 cm³/mol. The van der Waals surface area contributed by atoms with Gasteiger partial charge < -0.3 is 15.1 Å². The summed E-state index contributed by atoms with van der Waals surface area (Å²) in [5.41, 5.74) is 3.12. The molecule has 0 atom stereocenters. The van der Waals surface area contributed by atoms with Crippen molar-refractivity contribution in [3.05, 3.63) is 59.4 Å². The Morgan fingerprint density at radius 2 is 1.83 bits per heavy atom. The summed E-state index contributed by atoms with van der Waals surface area (Å²) < 4.78 is 0. The highest BCUT2D eigenvalue weighted by atomic mass is 32.1. The molecule has 3 heterocycles. The fraction of sp³-hybridized carbons (Fsp3) is 0.333. The smallest absolute Gasteiger partial charge is 0.228 e. The van der Waals surface area contributed by atoms with E-state index in [2.05, 4.69) is 56.4 Å². The van der Waals surface area contributed by atoms with Crippen molar-refractivity contribution in [1.29, 1.82) is 0 Å². The van der Waals surface area contributed by atoms with Crippen LogP contribution in [0.25, 0.3) is 0 Å². The van der Waals surface area contributed by atoms with E-state index in [1.54, 1.807) is 18.5 Å². The van der Waals surface area contributed by atoms with Crippen LogP contribution in [-0.2, 0) is 17.6 Å². The standard InChI is InChI=1S/C21H24N6OS/c1-2-16-4-6-17(7-5-16)24-21-25-18(15-29-21)14-19(28)26-10-12-27(13-11-26)20-22-8-3-9-23-20/h3-9,15H,2,10-14H2,1H3,(H,24,25). The molecule has 0 spiro atoms. The second-order valence-corrected chi connectivity index (χ2v) is 7.77. The second kappa shape index (κ2) is 9.00. The zero-order chi connectivity index (χ0) is 20.1. The fourth-order valence-corrected chi connectivity index (χ4v) is 4.00. The van der Waals surface area contributed by atoms with Crippen molar-refractivity contribution in [2.75, 3.05) is 36.4 Å². The fourth-order valence-electron chi connectivity index (χ4n) is 3.27. The Balaban J connectivity index is 1.29. The summed E-state index contributed by atoms with van der Waals surface area (Å²) in [4.78, 5) is 29.8. The molecule has 1 aliphatic heterocycles. The van der Waals surface area contributed by atoms with Crippen molar-refractivity contribution >= 4 is 34.0 Å². The zero-order valence-corrected chi connectivity index (χ0v) is 17.2. The van der Waals surface area contributed by atoms with Crippen molar-refractivity contribution in [2.45, 2.75) is 19.8 Å². The van der Waals surface area contributed by atoms with Gasteiger partial charge in [-0.15, -0.1) is 11.3 Å². The monoisotopic (exact) mass is 408 g/mol. The molecule has 1 aliphatic rings. The number of carbonyl (C=O) groups excluding carboxylic acids is 1. The van der Waals surface area contributed by atoms with Crippen molar-refractivity contribution in [2.24, 2.45) is 0 Å². The quantitative estimate of drug-likeness (QED) is 0.676. The van der Waals surface area contributed by atoms with Crippen molar-refractivity contribution in [3.63, 3.8) is 0 Å². The summed E-state index contributed by atoms with van der Waals surface area (Å²) in [6, 6.07) is 10.1. The number of nitrogens with zero attached hydrogens (tertiary/aromatic N) is 5. The highest BCUT2D eigenvalue weighted by Gasteiger charge is 2.23. The average Bonchev–Trinajstić information content (AvgIpc) is 3.21. The van der Waals surface area contributed by atoms with Gasteiger partial charge in [-0.25, -0.2) is 15.0 Å². The maximum absolute atomic E-state index is 12.7. The number of aryl methyl sites for hydroxylation is 1. The molecule has 2 aromatic heterocycles. The molecule has 8 heteroatoms. The molecule has 1 saturated heterocycles. The lowest BCUT2D eigenvalue weighted by molar-refractivity contribution is -0.130. The van der Waals surface area contributed by atoms with Crippen molar-refractivity contribution < 1.29 is 4.79 Å². The van der Waals surface area contributed by atoms with Crippen molar-refractivity contribution in [1.82, 2.24) is 19.9 Å². The average molecular weight is 409 g/mol. The Kier molecular flexibility index (Phi) is 6.00. The molecule has 150 valence electrons. The van der Waals surface area contributed by atoms with Crippen LogP contribution in [0.1, 0.15) is 18.2 Å². The maximum Gasteiger partial charge on any atom is 0.228 e. The Morgan fingerprint density at radius 1 is 1.10 bits per heavy atom. The highest BCUT2D eigenvalue weighted by Crippen LogP contribution is 2.22. The summed E-state index contributed by atoms with van der Waals surface area (Å²) in [7, 11) is 0. The second-order valence-electron chi connectivity index (χ2n) is 6.91. The van der Waals surface area contributed by atoms with Crippen molar-refractivity contribution in [3.8, 4) is 0 Å². The van der Waals surface area contributed by atoms with E-state index in [9.17, 15) is 4.79 Å². The number of thiazole rings is 1. The molecule has 1 fully saturated rings. The SMILES string of the molecule is CCc1ccc(Nc2nc(CC(=O)N3CCN(c4ncccn4)CC3)cs2)cc1. The molecule has 29 heavy (non-hydrogen) atoms. The van der Waals surface area contributed by atoms with Gasteiger partial charge in [-0.3, -0.25) is 4.79 Å². The lowest BCUT2D eigenvalue weighted by Gasteiger charge is -2.34. The molecular formula is C21H24N6OS. The van der Waals surface area contributed by atoms with Crippen LogP contribution in [0.3, 0.4) is 0 Å². The summed E-state index contributed by atoms with van der Waals surface area (Å²) in [5.74, 6) is 0.838. The minimum atomic E-state index is 0.114. The Labute approximate surface area is 174 Å². The first-order valence-electron chi connectivity index (χ1n) is 9.81. The number of hydrogen-bond donors (Lipinski definition) is 1. The predicted octanol–water partition coefficient (Wildman–Crippen LogP) is 3.13. The number of amides is 1. The molecule has 3 aromatic rings. The first-order chi connectivity index (χ1) is 14.2. The van der Waals surface area contributed by atoms with Gasteiger partial charge >= 0.3 is 0 Å². The summed E-state index contributed by atoms with van der Waals surface area (Å²) in [6.45, 7) is 4.98. The molecule has 1 aromatic carbocycles. The van der Waals surface area contributed by atoms with E-state index in [4.69, 9.17) is 0 Å². The molecule has 0 radical (unpaired) electrons. The third kappa shape index (κ3) is 4.89. The van der Waals surface area contributed by atoms with Gasteiger partial charge in [-0.05, 0) is 30.2 Å². The van der Waals surface area contributed by atoms with E-state index in [0.29, 0.717) is 19.5 Å². The normalized spacial score (nSPS) is 14.1. The van der Waals surface area contributed by atoms with Gasteiger partial charge in [0, 0.05) is 49.6 Å². The van der Waals surface area contributed by atoms with Crippen LogP contribution in [0.4, 0.5) is 16.8 Å². The topological polar surface area (TPSA) is 74.2 Å². The maximum atomic E-state index is 12.7. The molecule has 7 nitrogen and oxygen atoms in total. The van der Waals surface area contributed by atoms with Gasteiger partial charge in [0.05, 0.1) is 12.1 Å². The Hall–Kier alpha value is -3.00. The van der Waals surface area contributed by atoms with E-state index in [0.717, 1.165) is 42.0 Å². The number of rotatable bonds is 6. The van der Waals surface area contributed by atoms with Crippen LogP contribution in [0.15, 0.2) is 48.1 Å². The number of hydrogen-bond acceptors (Lipinski definition) is 7. The first kappa shape index (κ1) is 19.3. The van der Waals surface area contributed by atoms with Gasteiger partial charge in [0.1, 0.15) is 0 Å². The molecule has 0 saturated carbocycles. The van der Waals surface area contributed by atoms with E-state index < -0.39 is 0 Å². The number of benzene rings is 1. The molecule has 0 bridgehead atoms. The lowest BCUT2D eigenvalue weighted by atomic mass is 10.1. The zero-order valence-electron chi connectivity index (χ0n) is 16.4. The van der Waals surface area contributed by atoms with Gasteiger partial charge in [-0.1, -0.05) is 19.1 Å². The van der Waals surface area contributed by atoms with Crippen LogP contribution >= 0.6 is 11.3 Å². The van der Waals surface area contributed by atoms with Gasteiger partial charge in [0.25, 0.3) is 0 Å². The highest BCUT2D eigenvalue weighted by molar-refractivity contribution is 7.13. The largest absolute Gasteiger partial charge is 0.339 e. The van der Waals surface area contributed by atoms with E-state index in [-0.39, 0.29) is 5.91 Å². The van der Waals surface area contributed by atoms with Crippen LogP contribution in [-0.4, -0.2) is 51.9 Å². The van der Waals surface area contributed by atoms with Crippen LogP contribution in [0.2, 0.25) is 0 Å². The van der Waals surface area contributed by atoms with Crippen LogP contribution in [0.5, 0.6) is 0 Å². The minimum Gasteiger partial charge on any atom is -0.339 e. The van der Waals surface area contributed by atoms with E-state index in [1.165, 1.54) is 16.9 Å². The third-order valence-electron chi connectivity index (χ3n) is 4.96. The van der Waals surface area contributed by atoms with E-state index >= 15 is 0 Å². The van der Waals surface area contributed by atoms with Crippen LogP contribution < -0.4 is 10.2 Å². The number of aromatic nitrogens is 3. The number of carbonyl (C=O) groups is 1. The molecular weight excluding hydrogens is 384 g/mol. The molecule has 4 rings (SSSR count).